The highest BCUT2D eigenvalue weighted by Crippen LogP contribution is 2.25. The van der Waals surface area contributed by atoms with Crippen LogP contribution in [0.2, 0.25) is 0 Å². The molecule has 0 saturated carbocycles. The number of hydrogen-bond donors (Lipinski definition) is 2. The number of carbonyl (C=O) groups is 4. The summed E-state index contributed by atoms with van der Waals surface area (Å²) < 4.78 is 4.74. The van der Waals surface area contributed by atoms with Crippen molar-refractivity contribution in [3.63, 3.8) is 0 Å². The van der Waals surface area contributed by atoms with Crippen molar-refractivity contribution in [1.82, 2.24) is 15.5 Å². The van der Waals surface area contributed by atoms with Gasteiger partial charge in [0, 0.05) is 38.0 Å². The van der Waals surface area contributed by atoms with Crippen LogP contribution in [0.4, 0.5) is 0 Å². The first kappa shape index (κ1) is 20.9. The van der Waals surface area contributed by atoms with Gasteiger partial charge in [0.05, 0.1) is 18.9 Å². The number of rotatable bonds is 8. The topological polar surface area (TPSA) is 105 Å². The molecule has 0 aromatic rings. The Kier molecular flexibility index (Phi) is 7.86. The molecule has 3 amide bonds. The Labute approximate surface area is 148 Å². The molecule has 1 aliphatic heterocycles. The first-order chi connectivity index (χ1) is 11.6. The van der Waals surface area contributed by atoms with Crippen LogP contribution in [0.5, 0.6) is 0 Å². The largest absolute Gasteiger partial charge is 0.466 e. The van der Waals surface area contributed by atoms with Crippen LogP contribution in [0.25, 0.3) is 0 Å². The van der Waals surface area contributed by atoms with Gasteiger partial charge in [-0.3, -0.25) is 19.2 Å². The van der Waals surface area contributed by atoms with E-state index in [2.05, 4.69) is 10.6 Å². The number of amides is 3. The molecule has 0 spiro atoms. The molecule has 1 saturated heterocycles. The first-order valence-electron chi connectivity index (χ1n) is 8.65. The summed E-state index contributed by atoms with van der Waals surface area (Å²) in [5, 5.41) is 5.36. The smallest absolute Gasteiger partial charge is 0.306 e. The lowest BCUT2D eigenvalue weighted by Crippen LogP contribution is -2.43. The van der Waals surface area contributed by atoms with Gasteiger partial charge in [0.25, 0.3) is 0 Å². The predicted octanol–water partition coefficient (Wildman–Crippen LogP) is 0.209. The van der Waals surface area contributed by atoms with E-state index in [0.29, 0.717) is 13.2 Å². The lowest BCUT2D eigenvalue weighted by Gasteiger charge is -2.31. The minimum Gasteiger partial charge on any atom is -0.466 e. The van der Waals surface area contributed by atoms with Crippen molar-refractivity contribution >= 4 is 23.7 Å². The number of ether oxygens (including phenoxy) is 1. The Morgan fingerprint density at radius 2 is 1.80 bits per heavy atom. The van der Waals surface area contributed by atoms with Gasteiger partial charge in [-0.2, -0.15) is 0 Å². The van der Waals surface area contributed by atoms with Crippen LogP contribution in [-0.2, 0) is 23.9 Å². The maximum Gasteiger partial charge on any atom is 0.306 e. The van der Waals surface area contributed by atoms with E-state index in [0.717, 1.165) is 0 Å². The van der Waals surface area contributed by atoms with E-state index in [1.807, 2.05) is 20.8 Å². The molecule has 0 aliphatic carbocycles. The molecule has 1 atom stereocenters. The Bertz CT molecular complexity index is 513. The molecule has 0 bridgehead atoms. The summed E-state index contributed by atoms with van der Waals surface area (Å²) in [7, 11) is 0. The van der Waals surface area contributed by atoms with Crippen LogP contribution in [0.1, 0.15) is 47.0 Å². The van der Waals surface area contributed by atoms with Gasteiger partial charge >= 0.3 is 5.97 Å². The second kappa shape index (κ2) is 9.39. The van der Waals surface area contributed by atoms with E-state index in [4.69, 9.17) is 4.74 Å². The summed E-state index contributed by atoms with van der Waals surface area (Å²) >= 11 is 0. The summed E-state index contributed by atoms with van der Waals surface area (Å²) in [5.74, 6) is -1.22. The number of carbonyl (C=O) groups excluding carboxylic acids is 4. The maximum atomic E-state index is 12.1. The third-order valence-corrected chi connectivity index (χ3v) is 3.91. The highest BCUT2D eigenvalue weighted by Gasteiger charge is 2.39. The highest BCUT2D eigenvalue weighted by atomic mass is 16.5. The molecular formula is C17H29N3O5. The number of nitrogens with one attached hydrogen (secondary N) is 2. The van der Waals surface area contributed by atoms with Gasteiger partial charge in [0.2, 0.25) is 17.7 Å². The van der Waals surface area contributed by atoms with Crippen molar-refractivity contribution in [1.29, 1.82) is 0 Å². The molecule has 1 fully saturated rings. The van der Waals surface area contributed by atoms with Gasteiger partial charge < -0.3 is 20.3 Å². The van der Waals surface area contributed by atoms with E-state index in [1.165, 1.54) is 0 Å². The Morgan fingerprint density at radius 3 is 2.36 bits per heavy atom. The standard InChI is InChI=1S/C17H29N3O5/c1-5-25-15(23)7-6-13(21)18-8-9-19-16(24)12-10-14(22)20(11-12)17(2,3)4/h12H,5-11H2,1-4H3,(H,18,21)(H,19,24). The lowest BCUT2D eigenvalue weighted by molar-refractivity contribution is -0.144. The number of likely N-dealkylation sites (tertiary alicyclic amines) is 1. The van der Waals surface area contributed by atoms with Gasteiger partial charge in [-0.1, -0.05) is 0 Å². The summed E-state index contributed by atoms with van der Waals surface area (Å²) in [5.41, 5.74) is -0.293. The van der Waals surface area contributed by atoms with E-state index in [-0.39, 0.29) is 61.5 Å². The average molecular weight is 355 g/mol. The zero-order valence-corrected chi connectivity index (χ0v) is 15.5. The Morgan fingerprint density at radius 1 is 1.16 bits per heavy atom. The second-order valence-electron chi connectivity index (χ2n) is 7.02. The molecule has 0 radical (unpaired) electrons. The van der Waals surface area contributed by atoms with Crippen LogP contribution in [0.3, 0.4) is 0 Å². The fraction of sp³-hybridized carbons (Fsp3) is 0.765. The molecule has 0 aromatic carbocycles. The van der Waals surface area contributed by atoms with E-state index in [9.17, 15) is 19.2 Å². The van der Waals surface area contributed by atoms with E-state index >= 15 is 0 Å². The van der Waals surface area contributed by atoms with Crippen LogP contribution >= 0.6 is 0 Å². The normalized spacial score (nSPS) is 17.4. The summed E-state index contributed by atoms with van der Waals surface area (Å²) in [6, 6.07) is 0. The molecular weight excluding hydrogens is 326 g/mol. The van der Waals surface area contributed by atoms with Crippen LogP contribution < -0.4 is 10.6 Å². The molecule has 1 aliphatic rings. The van der Waals surface area contributed by atoms with Crippen LogP contribution in [0, 0.1) is 5.92 Å². The minimum absolute atomic E-state index is 0.0140. The molecule has 8 heteroatoms. The molecule has 2 N–H and O–H groups in total. The second-order valence-corrected chi connectivity index (χ2v) is 7.02. The van der Waals surface area contributed by atoms with Crippen molar-refractivity contribution in [2.24, 2.45) is 5.92 Å². The van der Waals surface area contributed by atoms with E-state index < -0.39 is 5.97 Å². The van der Waals surface area contributed by atoms with Crippen molar-refractivity contribution in [2.45, 2.75) is 52.5 Å². The van der Waals surface area contributed by atoms with Crippen molar-refractivity contribution in [3.05, 3.63) is 0 Å². The molecule has 1 heterocycles. The van der Waals surface area contributed by atoms with Gasteiger partial charge in [0.1, 0.15) is 0 Å². The maximum absolute atomic E-state index is 12.1. The van der Waals surface area contributed by atoms with Gasteiger partial charge in [-0.05, 0) is 27.7 Å². The third-order valence-electron chi connectivity index (χ3n) is 3.91. The van der Waals surface area contributed by atoms with Crippen LogP contribution in [-0.4, -0.2) is 60.4 Å². The van der Waals surface area contributed by atoms with E-state index in [1.54, 1.807) is 11.8 Å². The van der Waals surface area contributed by atoms with Crippen molar-refractivity contribution in [2.75, 3.05) is 26.2 Å². The average Bonchev–Trinajstić information content (AvgIpc) is 2.92. The quantitative estimate of drug-likeness (QED) is 0.478. The van der Waals surface area contributed by atoms with Crippen molar-refractivity contribution < 1.29 is 23.9 Å². The first-order valence-corrected chi connectivity index (χ1v) is 8.65. The predicted molar refractivity (Wildman–Crippen MR) is 91.5 cm³/mol. The Balaban J connectivity index is 2.22. The SMILES string of the molecule is CCOC(=O)CCC(=O)NCCNC(=O)C1CC(=O)N(C(C)(C)C)C1. The number of hydrogen-bond acceptors (Lipinski definition) is 5. The molecule has 25 heavy (non-hydrogen) atoms. The molecule has 1 unspecified atom stereocenters. The molecule has 1 rings (SSSR count). The molecule has 8 nitrogen and oxygen atoms in total. The fourth-order valence-electron chi connectivity index (χ4n) is 2.60. The zero-order chi connectivity index (χ0) is 19.0. The number of nitrogens with zero attached hydrogens (tertiary/aromatic N) is 1. The fourth-order valence-corrected chi connectivity index (χ4v) is 2.60. The van der Waals surface area contributed by atoms with Crippen LogP contribution in [0.15, 0.2) is 0 Å². The van der Waals surface area contributed by atoms with Crippen molar-refractivity contribution in [3.8, 4) is 0 Å². The lowest BCUT2D eigenvalue weighted by atomic mass is 10.1. The molecule has 0 aromatic heterocycles. The van der Waals surface area contributed by atoms with Gasteiger partial charge in [-0.15, -0.1) is 0 Å². The summed E-state index contributed by atoms with van der Waals surface area (Å²) in [4.78, 5) is 48.5. The minimum atomic E-state index is -0.403. The highest BCUT2D eigenvalue weighted by molar-refractivity contribution is 5.89. The van der Waals surface area contributed by atoms with Gasteiger partial charge in [0.15, 0.2) is 0 Å². The Hall–Kier alpha value is -2.12. The zero-order valence-electron chi connectivity index (χ0n) is 15.5. The monoisotopic (exact) mass is 355 g/mol. The summed E-state index contributed by atoms with van der Waals surface area (Å²) in [6.07, 6.45) is 0.318. The van der Waals surface area contributed by atoms with Gasteiger partial charge in [-0.25, -0.2) is 0 Å². The molecule has 142 valence electrons. The summed E-state index contributed by atoms with van der Waals surface area (Å²) in [6.45, 7) is 8.80. The third kappa shape index (κ3) is 7.11. The number of esters is 1.